The second kappa shape index (κ2) is 8.61. The monoisotopic (exact) mass is 468 g/mol. The largest absolute Gasteiger partial charge is 0.508 e. The first-order chi connectivity index (χ1) is 16.3. The predicted octanol–water partition coefficient (Wildman–Crippen LogP) is 5.99. The molecule has 2 aromatic heterocycles. The van der Waals surface area contributed by atoms with Crippen molar-refractivity contribution in [1.82, 2.24) is 14.9 Å². The maximum absolute atomic E-state index is 9.77. The molecule has 0 radical (unpaired) electrons. The molecule has 2 atom stereocenters. The molecule has 2 aromatic carbocycles. The first-order valence-corrected chi connectivity index (χ1v) is 11.8. The number of aryl methyl sites for hydroxylation is 3. The molecule has 3 heterocycles. The second-order valence-electron chi connectivity index (χ2n) is 8.94. The summed E-state index contributed by atoms with van der Waals surface area (Å²) in [5.41, 5.74) is 8.96. The zero-order chi connectivity index (χ0) is 24.0. The smallest absolute Gasteiger partial charge is 0.174 e. The summed E-state index contributed by atoms with van der Waals surface area (Å²) in [5, 5.41) is 14.0. The van der Waals surface area contributed by atoms with Gasteiger partial charge in [-0.1, -0.05) is 12.1 Å². The SMILES string of the molecule is Cc1ccc(N2C(=S)N[C@H](c3ccccn3)[C@@H]2c2cc(C)n(-c3ccc(O)cc3)c2C)cc1C. The summed E-state index contributed by atoms with van der Waals surface area (Å²) in [6.07, 6.45) is 1.83. The van der Waals surface area contributed by atoms with Crippen LogP contribution >= 0.6 is 12.2 Å². The lowest BCUT2D eigenvalue weighted by molar-refractivity contribution is 0.475. The van der Waals surface area contributed by atoms with E-state index in [0.717, 1.165) is 28.5 Å². The standard InChI is InChI=1S/C28H28N4OS/c1-17-8-9-22(15-18(17)2)32-27(26(30-28(32)34)25-7-5-6-14-29-25)24-16-19(3)31(20(24)4)21-10-12-23(33)13-11-21/h5-16,26-27,33H,1-4H3,(H,30,34)/t26-,27+/m1/s1. The molecule has 1 aliphatic rings. The van der Waals surface area contributed by atoms with Gasteiger partial charge in [0.25, 0.3) is 0 Å². The van der Waals surface area contributed by atoms with Crippen LogP contribution in [0.5, 0.6) is 5.75 Å². The lowest BCUT2D eigenvalue weighted by atomic mass is 9.96. The van der Waals surface area contributed by atoms with E-state index in [0.29, 0.717) is 5.11 Å². The Bertz CT molecular complexity index is 1360. The molecule has 1 aliphatic heterocycles. The third kappa shape index (κ3) is 3.74. The quantitative estimate of drug-likeness (QED) is 0.361. The summed E-state index contributed by atoms with van der Waals surface area (Å²) in [5.74, 6) is 0.257. The molecule has 172 valence electrons. The number of pyridine rings is 1. The maximum Gasteiger partial charge on any atom is 0.174 e. The van der Waals surface area contributed by atoms with E-state index in [9.17, 15) is 5.11 Å². The van der Waals surface area contributed by atoms with Gasteiger partial charge in [0.05, 0.1) is 17.8 Å². The minimum Gasteiger partial charge on any atom is -0.508 e. The molecule has 0 amide bonds. The molecule has 2 N–H and O–H groups in total. The summed E-state index contributed by atoms with van der Waals surface area (Å²) >= 11 is 5.90. The van der Waals surface area contributed by atoms with Crippen molar-refractivity contribution in [2.45, 2.75) is 39.8 Å². The molecule has 0 aliphatic carbocycles. The second-order valence-corrected chi connectivity index (χ2v) is 9.33. The molecule has 1 fully saturated rings. The van der Waals surface area contributed by atoms with E-state index >= 15 is 0 Å². The van der Waals surface area contributed by atoms with Crippen molar-refractivity contribution >= 4 is 23.0 Å². The van der Waals surface area contributed by atoms with Crippen molar-refractivity contribution in [1.29, 1.82) is 0 Å². The van der Waals surface area contributed by atoms with Gasteiger partial charge in [0.15, 0.2) is 5.11 Å². The van der Waals surface area contributed by atoms with Crippen molar-refractivity contribution in [3.8, 4) is 11.4 Å². The van der Waals surface area contributed by atoms with Gasteiger partial charge in [0.1, 0.15) is 5.75 Å². The Labute approximate surface area is 205 Å². The Balaban J connectivity index is 1.68. The van der Waals surface area contributed by atoms with Gasteiger partial charge in [0.2, 0.25) is 0 Å². The van der Waals surface area contributed by atoms with Crippen LogP contribution in [0, 0.1) is 27.7 Å². The van der Waals surface area contributed by atoms with Crippen molar-refractivity contribution in [2.24, 2.45) is 0 Å². The Morgan fingerprint density at radius 3 is 2.29 bits per heavy atom. The van der Waals surface area contributed by atoms with E-state index in [-0.39, 0.29) is 17.8 Å². The van der Waals surface area contributed by atoms with Crippen LogP contribution in [0.4, 0.5) is 5.69 Å². The zero-order valence-corrected chi connectivity index (χ0v) is 20.6. The van der Waals surface area contributed by atoms with Crippen molar-refractivity contribution in [2.75, 3.05) is 4.90 Å². The van der Waals surface area contributed by atoms with Gasteiger partial charge in [-0.05, 0) is 111 Å². The number of aromatic hydroxyl groups is 1. The van der Waals surface area contributed by atoms with E-state index in [1.807, 2.05) is 30.5 Å². The fourth-order valence-corrected chi connectivity index (χ4v) is 5.26. The summed E-state index contributed by atoms with van der Waals surface area (Å²) in [7, 11) is 0. The Hall–Kier alpha value is -3.64. The highest BCUT2D eigenvalue weighted by Crippen LogP contribution is 2.44. The number of aromatic nitrogens is 2. The molecular formula is C28H28N4OS. The maximum atomic E-state index is 9.77. The van der Waals surface area contributed by atoms with E-state index in [4.69, 9.17) is 12.2 Å². The molecule has 0 bridgehead atoms. The molecule has 6 heteroatoms. The molecule has 0 spiro atoms. The summed E-state index contributed by atoms with van der Waals surface area (Å²) in [6, 6.07) is 21.9. The van der Waals surface area contributed by atoms with Crippen LogP contribution < -0.4 is 10.2 Å². The molecule has 0 unspecified atom stereocenters. The Morgan fingerprint density at radius 1 is 0.882 bits per heavy atom. The van der Waals surface area contributed by atoms with Crippen LogP contribution in [0.3, 0.4) is 0 Å². The highest BCUT2D eigenvalue weighted by Gasteiger charge is 2.42. The number of nitrogens with one attached hydrogen (secondary N) is 1. The van der Waals surface area contributed by atoms with Crippen LogP contribution in [0.2, 0.25) is 0 Å². The fourth-order valence-electron chi connectivity index (χ4n) is 4.91. The van der Waals surface area contributed by atoms with Crippen molar-refractivity contribution in [3.63, 3.8) is 0 Å². The first-order valence-electron chi connectivity index (χ1n) is 11.4. The molecule has 5 nitrogen and oxygen atoms in total. The van der Waals surface area contributed by atoms with Crippen LogP contribution in [0.15, 0.2) is 72.9 Å². The molecule has 0 saturated carbocycles. The Morgan fingerprint density at radius 2 is 1.62 bits per heavy atom. The number of hydrogen-bond acceptors (Lipinski definition) is 3. The lowest BCUT2D eigenvalue weighted by Crippen LogP contribution is -2.29. The van der Waals surface area contributed by atoms with Gasteiger partial charge in [-0.2, -0.15) is 0 Å². The van der Waals surface area contributed by atoms with Crippen LogP contribution in [-0.4, -0.2) is 19.8 Å². The first kappa shape index (κ1) is 22.2. The number of thiocarbonyl (C=S) groups is 1. The van der Waals surface area contributed by atoms with Crippen LogP contribution in [-0.2, 0) is 0 Å². The number of benzene rings is 2. The molecule has 4 aromatic rings. The molecule has 1 saturated heterocycles. The van der Waals surface area contributed by atoms with Crippen molar-refractivity contribution < 1.29 is 5.11 Å². The average molecular weight is 469 g/mol. The predicted molar refractivity (Wildman–Crippen MR) is 141 cm³/mol. The van der Waals surface area contributed by atoms with E-state index in [1.165, 1.54) is 16.7 Å². The minimum absolute atomic E-state index is 0.0680. The van der Waals surface area contributed by atoms with Gasteiger partial charge >= 0.3 is 0 Å². The number of hydrogen-bond donors (Lipinski definition) is 2. The molecular weight excluding hydrogens is 440 g/mol. The number of phenolic OH excluding ortho intramolecular Hbond substituents is 1. The van der Waals surface area contributed by atoms with Crippen LogP contribution in [0.1, 0.15) is 45.9 Å². The van der Waals surface area contributed by atoms with Crippen LogP contribution in [0.25, 0.3) is 5.69 Å². The molecule has 34 heavy (non-hydrogen) atoms. The van der Waals surface area contributed by atoms with Gasteiger partial charge in [-0.15, -0.1) is 0 Å². The average Bonchev–Trinajstić information content (AvgIpc) is 3.32. The van der Waals surface area contributed by atoms with Gasteiger partial charge in [-0.3, -0.25) is 4.98 Å². The minimum atomic E-state index is -0.0934. The highest BCUT2D eigenvalue weighted by atomic mass is 32.1. The summed E-state index contributed by atoms with van der Waals surface area (Å²) < 4.78 is 2.23. The normalized spacial score (nSPS) is 17.8. The number of rotatable bonds is 4. The van der Waals surface area contributed by atoms with E-state index in [2.05, 4.69) is 77.8 Å². The zero-order valence-electron chi connectivity index (χ0n) is 19.8. The van der Waals surface area contributed by atoms with Gasteiger partial charge < -0.3 is 19.9 Å². The third-order valence-electron chi connectivity index (χ3n) is 6.76. The number of anilines is 1. The Kier molecular flexibility index (Phi) is 5.62. The topological polar surface area (TPSA) is 53.3 Å². The number of nitrogens with zero attached hydrogens (tertiary/aromatic N) is 3. The number of phenols is 1. The van der Waals surface area contributed by atoms with Crippen molar-refractivity contribution in [3.05, 3.63) is 107 Å². The molecule has 5 rings (SSSR count). The van der Waals surface area contributed by atoms with Gasteiger partial charge in [0, 0.05) is 29.0 Å². The summed E-state index contributed by atoms with van der Waals surface area (Å²) in [4.78, 5) is 6.90. The van der Waals surface area contributed by atoms with E-state index in [1.54, 1.807) is 12.1 Å². The summed E-state index contributed by atoms with van der Waals surface area (Å²) in [6.45, 7) is 8.51. The fraction of sp³-hybridized carbons (Fsp3) is 0.214. The third-order valence-corrected chi connectivity index (χ3v) is 7.08. The van der Waals surface area contributed by atoms with Gasteiger partial charge in [-0.25, -0.2) is 0 Å². The van der Waals surface area contributed by atoms with E-state index < -0.39 is 0 Å². The lowest BCUT2D eigenvalue weighted by Gasteiger charge is -2.28. The highest BCUT2D eigenvalue weighted by molar-refractivity contribution is 7.80.